The normalized spacial score (nSPS) is 19.1. The maximum absolute atomic E-state index is 15.5. The van der Waals surface area contributed by atoms with Crippen molar-refractivity contribution in [3.8, 4) is 200 Å². The third-order valence-corrected chi connectivity index (χ3v) is 20.4. The summed E-state index contributed by atoms with van der Waals surface area (Å²) < 4.78 is 74.3. The fourth-order valence-electron chi connectivity index (χ4n) is 13.9. The van der Waals surface area contributed by atoms with Gasteiger partial charge in [-0.2, -0.15) is 0 Å². The molecule has 2 fully saturated rings. The van der Waals surface area contributed by atoms with E-state index in [1.54, 1.807) is 0 Å². The van der Waals surface area contributed by atoms with Crippen LogP contribution in [0.2, 0.25) is 0 Å². The number of hydrogen-bond donors (Lipinski definition) is 29. The zero-order valence-corrected chi connectivity index (χ0v) is 65.7. The fraction of sp³-hybridized carbons (Fsp3) is 0.146. The number of cyclic esters (lactones) is 2. The Labute approximate surface area is 736 Å². The third-order valence-electron chi connectivity index (χ3n) is 20.4. The SMILES string of the molecule is O=C(OC1C(OC(=O)c2cc(O)c(O)c(O)c2)[C@@H]2OC(=O)c3cc(O)c(O)c(O)c3-c3c(cc(O)c(O)c3O)C(=O)OCC2O[C@@H]1OC(=O)c1cc(O)c(O)c(O)c1Oc1cc2c(c(O)c1O)-c1c(cc(O)c(O)c1O)C(=O)O[C@@H]1C(COC2=O)O[C@H](OC(=O)c2cc(O)c(O)c(O)c2)C(OC(=O)c2cc(O)c(O)c(O)c2)[C@H]1OC(=O)c1cc(O)c(O)c(O)c1)c1cc(O)c(O)c(O)c1. The average Bonchev–Trinajstić information content (AvgIpc) is 1.25. The van der Waals surface area contributed by atoms with Crippen LogP contribution >= 0.6 is 0 Å². The molecule has 134 heavy (non-hydrogen) atoms. The first-order valence-corrected chi connectivity index (χ1v) is 37.0. The van der Waals surface area contributed by atoms with E-state index in [1.807, 2.05) is 0 Å². The smallest absolute Gasteiger partial charge is 0.344 e. The summed E-state index contributed by atoms with van der Waals surface area (Å²) in [6, 6.07) is 4.94. The Hall–Kier alpha value is -19.2. The van der Waals surface area contributed by atoms with Crippen molar-refractivity contribution in [2.45, 2.75) is 61.4 Å². The lowest BCUT2D eigenvalue weighted by atomic mass is 9.91. The lowest BCUT2D eigenvalue weighted by molar-refractivity contribution is -0.282. The summed E-state index contributed by atoms with van der Waals surface area (Å²) in [5.41, 5.74) is -17.7. The molecule has 52 heteroatoms. The monoisotopic (exact) mass is 1870 g/mol. The number of carbonyl (C=O) groups excluding carboxylic acids is 10. The molecule has 4 aliphatic heterocycles. The molecule has 0 bridgehead atoms. The molecule has 4 heterocycles. The van der Waals surface area contributed by atoms with Crippen molar-refractivity contribution in [1.29, 1.82) is 0 Å². The molecular formula is C82H58O52. The number of esters is 10. The molecule has 29 N–H and O–H groups in total. The second kappa shape index (κ2) is 34.2. The van der Waals surface area contributed by atoms with Crippen LogP contribution in [0.25, 0.3) is 22.3 Å². The summed E-state index contributed by atoms with van der Waals surface area (Å²) in [7, 11) is 0. The molecule has 10 aromatic rings. The van der Waals surface area contributed by atoms with E-state index in [4.69, 9.17) is 61.6 Å². The van der Waals surface area contributed by atoms with Gasteiger partial charge in [-0.1, -0.05) is 0 Å². The van der Waals surface area contributed by atoms with Crippen LogP contribution in [0.3, 0.4) is 0 Å². The molecule has 10 atom stereocenters. The number of aromatic hydroxyl groups is 29. The zero-order chi connectivity index (χ0) is 97.7. The molecule has 0 saturated carbocycles. The first kappa shape index (κ1) is 91.0. The highest BCUT2D eigenvalue weighted by atomic mass is 16.8. The average molecular weight is 1880 g/mol. The lowest BCUT2D eigenvalue weighted by Gasteiger charge is -2.43. The van der Waals surface area contributed by atoms with Gasteiger partial charge in [-0.05, 0) is 78.9 Å². The van der Waals surface area contributed by atoms with Gasteiger partial charge in [0.15, 0.2) is 168 Å². The number of phenolic OH excluding ortho intramolecular Hbond substituents is 29. The van der Waals surface area contributed by atoms with E-state index in [1.165, 1.54) is 0 Å². The van der Waals surface area contributed by atoms with E-state index in [0.717, 1.165) is 0 Å². The van der Waals surface area contributed by atoms with E-state index >= 15 is 19.2 Å². The molecule has 0 spiro atoms. The minimum Gasteiger partial charge on any atom is -0.504 e. The van der Waals surface area contributed by atoms with Crippen molar-refractivity contribution >= 4 is 59.7 Å². The fourth-order valence-corrected chi connectivity index (χ4v) is 13.9. The van der Waals surface area contributed by atoms with E-state index < -0.39 is 390 Å². The Morgan fingerprint density at radius 2 is 0.485 bits per heavy atom. The van der Waals surface area contributed by atoms with Gasteiger partial charge in [-0.25, -0.2) is 47.9 Å². The second-order valence-corrected chi connectivity index (χ2v) is 28.7. The van der Waals surface area contributed by atoms with Crippen molar-refractivity contribution < 1.29 is 258 Å². The number of rotatable bonds is 14. The summed E-state index contributed by atoms with van der Waals surface area (Å²) >= 11 is 0. The third kappa shape index (κ3) is 16.2. The molecule has 698 valence electrons. The minimum absolute atomic E-state index is 0.0750. The van der Waals surface area contributed by atoms with Gasteiger partial charge in [0.05, 0.1) is 50.1 Å². The summed E-state index contributed by atoms with van der Waals surface area (Å²) in [6.45, 7) is -3.27. The highest BCUT2D eigenvalue weighted by Crippen LogP contribution is 2.58. The van der Waals surface area contributed by atoms with Gasteiger partial charge in [0, 0.05) is 34.4 Å². The standard InChI is InChI=1S/C82H58O52/c83-28-1-18(2-29(84)49(28)97)71(112)129-67-65-43(125-81(133-75(116)22-9-36(91)53(101)37(92)10-22)69(67)131-73(114)20-5-32(87)51(99)33(88)6-20)17-123-77(118)26-15-42(58(106)62(110)48(26)47-25(79(120)127-65)13-40(95)56(104)61(47)109)124-64-27(14-41(96)57(105)63(64)111)80(121)134-82-70(132-74(115)21-7-34(89)52(100)35(90)8-21)68(130-72(113)19-3-30(85)50(98)31(86)4-19)66-44(126-82)16-122-76(117)23-11-38(93)54(102)59(107)45(23)46-24(78(119)128-66)12-39(94)55(103)60(46)108/h1-15,43-44,65-70,81-111H,16-17H2/t43?,44?,65-,66-,67+,68?,69?,70?,81-,82-/m1/s1. The summed E-state index contributed by atoms with van der Waals surface area (Å²) in [6.07, 6.45) is -28.5. The van der Waals surface area contributed by atoms with Crippen LogP contribution in [-0.2, 0) is 56.8 Å². The molecule has 52 nitrogen and oxygen atoms in total. The lowest BCUT2D eigenvalue weighted by Crippen LogP contribution is -2.63. The van der Waals surface area contributed by atoms with Gasteiger partial charge >= 0.3 is 59.7 Å². The molecule has 10 aromatic carbocycles. The highest BCUT2D eigenvalue weighted by Gasteiger charge is 2.58. The Morgan fingerprint density at radius 1 is 0.246 bits per heavy atom. The first-order valence-electron chi connectivity index (χ1n) is 37.0. The summed E-state index contributed by atoms with van der Waals surface area (Å²) in [4.78, 5) is 148. The topological polar surface area (TPSA) is 877 Å². The number of fused-ring (bicyclic) bond motifs is 8. The van der Waals surface area contributed by atoms with Crippen molar-refractivity contribution in [3.63, 3.8) is 0 Å². The maximum atomic E-state index is 15.5. The molecule has 0 radical (unpaired) electrons. The van der Waals surface area contributed by atoms with E-state index in [2.05, 4.69) is 0 Å². The number of carbonyl (C=O) groups is 10. The van der Waals surface area contributed by atoms with Gasteiger partial charge in [-0.15, -0.1) is 0 Å². The number of hydrogen-bond acceptors (Lipinski definition) is 52. The highest BCUT2D eigenvalue weighted by molar-refractivity contribution is 6.11. The van der Waals surface area contributed by atoms with E-state index in [-0.39, 0.29) is 24.3 Å². The van der Waals surface area contributed by atoms with Crippen molar-refractivity contribution in [2.24, 2.45) is 0 Å². The Bertz CT molecular complexity index is 6630. The molecule has 2 saturated heterocycles. The molecular weight excluding hydrogens is 1820 g/mol. The van der Waals surface area contributed by atoms with Crippen LogP contribution in [0.1, 0.15) is 104 Å². The number of phenols is 29. The van der Waals surface area contributed by atoms with Crippen LogP contribution in [0.5, 0.6) is 178 Å². The predicted molar refractivity (Wildman–Crippen MR) is 415 cm³/mol. The summed E-state index contributed by atoms with van der Waals surface area (Å²) in [5, 5.41) is 315. The van der Waals surface area contributed by atoms with E-state index in [9.17, 15) is 177 Å². The first-order chi connectivity index (χ1) is 63.0. The van der Waals surface area contributed by atoms with Gasteiger partial charge in [0.1, 0.15) is 31.0 Å². The van der Waals surface area contributed by atoms with Gasteiger partial charge < -0.3 is 210 Å². The van der Waals surface area contributed by atoms with Gasteiger partial charge in [0.25, 0.3) is 0 Å². The molecule has 0 amide bonds. The molecule has 5 unspecified atom stereocenters. The van der Waals surface area contributed by atoms with Crippen LogP contribution in [0.15, 0.2) is 91.0 Å². The van der Waals surface area contributed by atoms with Gasteiger partial charge in [-0.3, -0.25) is 0 Å². The largest absolute Gasteiger partial charge is 0.504 e. The van der Waals surface area contributed by atoms with Crippen molar-refractivity contribution in [1.82, 2.24) is 0 Å². The zero-order valence-electron chi connectivity index (χ0n) is 65.7. The van der Waals surface area contributed by atoms with Crippen LogP contribution in [0, 0.1) is 0 Å². The molecule has 0 aliphatic carbocycles. The Morgan fingerprint density at radius 3 is 0.791 bits per heavy atom. The number of ether oxygens (including phenoxy) is 13. The van der Waals surface area contributed by atoms with Crippen LogP contribution in [-0.4, -0.2) is 282 Å². The molecule has 0 aromatic heterocycles. The minimum atomic E-state index is -3.13. The quantitative estimate of drug-likeness (QED) is 0.0419. The Kier molecular flexibility index (Phi) is 23.2. The molecule has 4 aliphatic rings. The number of benzene rings is 10. The predicted octanol–water partition coefficient (Wildman–Crippen LogP) is 3.73. The van der Waals surface area contributed by atoms with Crippen LogP contribution < -0.4 is 4.74 Å². The summed E-state index contributed by atoms with van der Waals surface area (Å²) in [5.74, 6) is -65.9. The second-order valence-electron chi connectivity index (χ2n) is 28.7. The maximum Gasteiger partial charge on any atom is 0.344 e. The van der Waals surface area contributed by atoms with E-state index in [0.29, 0.717) is 66.7 Å². The molecule has 14 rings (SSSR count). The van der Waals surface area contributed by atoms with Crippen molar-refractivity contribution in [3.05, 3.63) is 147 Å². The van der Waals surface area contributed by atoms with Crippen molar-refractivity contribution in [2.75, 3.05) is 13.2 Å². The van der Waals surface area contributed by atoms with Gasteiger partial charge in [0.2, 0.25) is 59.3 Å². The van der Waals surface area contributed by atoms with Crippen LogP contribution in [0.4, 0.5) is 0 Å². The Balaban J connectivity index is 0.901.